The van der Waals surface area contributed by atoms with Gasteiger partial charge in [0, 0.05) is 17.0 Å². The van der Waals surface area contributed by atoms with Crippen LogP contribution in [0.3, 0.4) is 0 Å². The number of fused-ring (bicyclic) bond motifs is 2. The molecule has 0 amide bonds. The third-order valence-electron chi connectivity index (χ3n) is 3.08. The molecule has 1 aromatic heterocycles. The zero-order valence-electron chi connectivity index (χ0n) is 11.6. The number of nitrogens with one attached hydrogen (secondary N) is 1. The Kier molecular flexibility index (Phi) is 3.76. The molecule has 0 aliphatic rings. The highest BCUT2D eigenvalue weighted by atomic mass is 15.1. The van der Waals surface area contributed by atoms with E-state index in [1.165, 1.54) is 4.57 Å². The van der Waals surface area contributed by atoms with E-state index in [-0.39, 0.29) is 5.96 Å². The lowest BCUT2D eigenvalue weighted by Crippen LogP contribution is -2.20. The zero-order chi connectivity index (χ0) is 14.7. The van der Waals surface area contributed by atoms with Crippen LogP contribution in [0.1, 0.15) is 19.5 Å². The number of nitrogen functional groups attached to an aromatic ring is 1. The Bertz CT molecular complexity index is 819. The van der Waals surface area contributed by atoms with Crippen molar-refractivity contribution in [2.24, 2.45) is 5.73 Å². The van der Waals surface area contributed by atoms with E-state index < -0.39 is 0 Å². The second-order valence-electron chi connectivity index (χ2n) is 4.16. The smallest absolute Gasteiger partial charge is 0.197 e. The second-order valence-corrected chi connectivity index (χ2v) is 4.16. The van der Waals surface area contributed by atoms with Gasteiger partial charge in [-0.1, -0.05) is 44.0 Å². The van der Waals surface area contributed by atoms with E-state index in [0.29, 0.717) is 5.69 Å². The molecule has 0 aliphatic carbocycles. The Balaban J connectivity index is 0.000000704. The van der Waals surface area contributed by atoms with Crippen LogP contribution < -0.4 is 5.73 Å². The number of aromatic nitrogens is 1. The van der Waals surface area contributed by atoms with Crippen LogP contribution in [0.15, 0.2) is 42.6 Å². The molecule has 2 aromatic carbocycles. The summed E-state index contributed by atoms with van der Waals surface area (Å²) in [5, 5.41) is 11.8. The quantitative estimate of drug-likeness (QED) is 0.364. The summed E-state index contributed by atoms with van der Waals surface area (Å²) in [5.41, 5.74) is 6.16. The lowest BCUT2D eigenvalue weighted by atomic mass is 10.1. The van der Waals surface area contributed by atoms with Crippen molar-refractivity contribution in [1.29, 1.82) is 5.41 Å². The summed E-state index contributed by atoms with van der Waals surface area (Å²) >= 11 is 0. The van der Waals surface area contributed by atoms with Crippen LogP contribution in [0.5, 0.6) is 0 Å². The SMILES string of the molecule is C#Cc1c2cc3ccccc3cc2cn1C(=N)N.CC. The van der Waals surface area contributed by atoms with Crippen LogP contribution in [-0.4, -0.2) is 10.5 Å². The molecule has 20 heavy (non-hydrogen) atoms. The Hall–Kier alpha value is -2.73. The number of terminal acetylenes is 1. The molecule has 3 heteroatoms. The first-order valence-electron chi connectivity index (χ1n) is 6.55. The second kappa shape index (κ2) is 5.50. The van der Waals surface area contributed by atoms with Gasteiger partial charge in [-0.25, -0.2) is 0 Å². The molecule has 0 spiro atoms. The van der Waals surface area contributed by atoms with Crippen LogP contribution in [0, 0.1) is 17.8 Å². The van der Waals surface area contributed by atoms with E-state index in [0.717, 1.165) is 21.5 Å². The van der Waals surface area contributed by atoms with Crippen molar-refractivity contribution in [3.05, 3.63) is 48.3 Å². The normalized spacial score (nSPS) is 9.85. The highest BCUT2D eigenvalue weighted by molar-refractivity contribution is 6.02. The number of nitrogens with two attached hydrogens (primary N) is 1. The molecule has 3 nitrogen and oxygen atoms in total. The van der Waals surface area contributed by atoms with Crippen molar-refractivity contribution in [3.8, 4) is 12.3 Å². The van der Waals surface area contributed by atoms with Crippen LogP contribution in [0.25, 0.3) is 21.5 Å². The fourth-order valence-corrected chi connectivity index (χ4v) is 2.24. The van der Waals surface area contributed by atoms with E-state index in [4.69, 9.17) is 17.6 Å². The third-order valence-corrected chi connectivity index (χ3v) is 3.08. The summed E-state index contributed by atoms with van der Waals surface area (Å²) in [6.45, 7) is 4.00. The van der Waals surface area contributed by atoms with Gasteiger partial charge in [-0.2, -0.15) is 0 Å². The minimum absolute atomic E-state index is 0.0665. The van der Waals surface area contributed by atoms with E-state index in [2.05, 4.69) is 18.1 Å². The number of rotatable bonds is 0. The summed E-state index contributed by atoms with van der Waals surface area (Å²) in [6.07, 6.45) is 7.32. The fraction of sp³-hybridized carbons (Fsp3) is 0.118. The lowest BCUT2D eigenvalue weighted by Gasteiger charge is -2.00. The Labute approximate surface area is 118 Å². The first-order valence-corrected chi connectivity index (χ1v) is 6.55. The molecule has 0 unspecified atom stereocenters. The van der Waals surface area contributed by atoms with Crippen molar-refractivity contribution in [2.75, 3.05) is 0 Å². The van der Waals surface area contributed by atoms with Crippen molar-refractivity contribution in [1.82, 2.24) is 4.57 Å². The van der Waals surface area contributed by atoms with Gasteiger partial charge in [-0.05, 0) is 22.9 Å². The summed E-state index contributed by atoms with van der Waals surface area (Å²) in [5.74, 6) is 2.54. The molecule has 3 aromatic rings. The maximum atomic E-state index is 7.54. The molecule has 0 bridgehead atoms. The van der Waals surface area contributed by atoms with Gasteiger partial charge in [0.25, 0.3) is 0 Å². The number of nitrogens with zero attached hydrogens (tertiary/aromatic N) is 1. The molecule has 0 fully saturated rings. The predicted molar refractivity (Wildman–Crippen MR) is 86.0 cm³/mol. The van der Waals surface area contributed by atoms with Gasteiger partial charge in [-0.15, -0.1) is 6.42 Å². The van der Waals surface area contributed by atoms with E-state index in [9.17, 15) is 0 Å². The molecule has 1 heterocycles. The monoisotopic (exact) mass is 263 g/mol. The number of benzene rings is 2. The standard InChI is InChI=1S/C15H11N3.C2H6/c1-2-14-13-8-11-6-4-3-5-10(11)7-12(13)9-18(14)15(16)17;1-2/h1,3-9H,(H3,16,17);1-2H3. The van der Waals surface area contributed by atoms with E-state index in [1.54, 1.807) is 6.20 Å². The van der Waals surface area contributed by atoms with Gasteiger partial charge in [0.05, 0.1) is 0 Å². The van der Waals surface area contributed by atoms with Crippen molar-refractivity contribution in [2.45, 2.75) is 13.8 Å². The minimum atomic E-state index is -0.0665. The number of hydrogen-bond donors (Lipinski definition) is 2. The zero-order valence-corrected chi connectivity index (χ0v) is 11.6. The average molecular weight is 263 g/mol. The molecule has 0 saturated heterocycles. The predicted octanol–water partition coefficient (Wildman–Crippen LogP) is 3.54. The Morgan fingerprint density at radius 1 is 1.15 bits per heavy atom. The van der Waals surface area contributed by atoms with E-state index >= 15 is 0 Å². The van der Waals surface area contributed by atoms with Crippen LogP contribution >= 0.6 is 0 Å². The van der Waals surface area contributed by atoms with Gasteiger partial charge < -0.3 is 5.73 Å². The summed E-state index contributed by atoms with van der Waals surface area (Å²) in [6, 6.07) is 12.2. The summed E-state index contributed by atoms with van der Waals surface area (Å²) in [4.78, 5) is 0. The Morgan fingerprint density at radius 3 is 2.30 bits per heavy atom. The highest BCUT2D eigenvalue weighted by Crippen LogP contribution is 2.26. The van der Waals surface area contributed by atoms with Gasteiger partial charge >= 0.3 is 0 Å². The maximum Gasteiger partial charge on any atom is 0.197 e. The molecular weight excluding hydrogens is 246 g/mol. The number of hydrogen-bond acceptors (Lipinski definition) is 1. The van der Waals surface area contributed by atoms with Gasteiger partial charge in [0.15, 0.2) is 5.96 Å². The van der Waals surface area contributed by atoms with Crippen LogP contribution in [0.2, 0.25) is 0 Å². The molecule has 0 aliphatic heterocycles. The maximum absolute atomic E-state index is 7.54. The van der Waals surface area contributed by atoms with Gasteiger partial charge in [-0.3, -0.25) is 9.98 Å². The molecule has 0 saturated carbocycles. The van der Waals surface area contributed by atoms with Crippen LogP contribution in [-0.2, 0) is 0 Å². The topological polar surface area (TPSA) is 54.8 Å². The van der Waals surface area contributed by atoms with Crippen molar-refractivity contribution >= 4 is 27.5 Å². The molecule has 3 rings (SSSR count). The molecule has 0 atom stereocenters. The summed E-state index contributed by atoms with van der Waals surface area (Å²) < 4.78 is 1.53. The summed E-state index contributed by atoms with van der Waals surface area (Å²) in [7, 11) is 0. The van der Waals surface area contributed by atoms with Gasteiger partial charge in [0.2, 0.25) is 0 Å². The van der Waals surface area contributed by atoms with Crippen molar-refractivity contribution in [3.63, 3.8) is 0 Å². The van der Waals surface area contributed by atoms with Crippen LogP contribution in [0.4, 0.5) is 0 Å². The van der Waals surface area contributed by atoms with E-state index in [1.807, 2.05) is 38.1 Å². The highest BCUT2D eigenvalue weighted by Gasteiger charge is 2.09. The lowest BCUT2D eigenvalue weighted by molar-refractivity contribution is 1.09. The molecular formula is C17H17N3. The van der Waals surface area contributed by atoms with Gasteiger partial charge in [0.1, 0.15) is 5.69 Å². The molecule has 3 N–H and O–H groups in total. The molecule has 0 radical (unpaired) electrons. The molecule has 100 valence electrons. The third kappa shape index (κ3) is 2.12. The Morgan fingerprint density at radius 2 is 1.75 bits per heavy atom. The van der Waals surface area contributed by atoms with Crippen molar-refractivity contribution < 1.29 is 0 Å². The first kappa shape index (κ1) is 13.7. The largest absolute Gasteiger partial charge is 0.369 e. The first-order chi connectivity index (χ1) is 9.70. The fourth-order valence-electron chi connectivity index (χ4n) is 2.24. The average Bonchev–Trinajstić information content (AvgIpc) is 2.84. The minimum Gasteiger partial charge on any atom is -0.369 e.